The van der Waals surface area contributed by atoms with Crippen molar-refractivity contribution in [3.05, 3.63) is 0 Å². The lowest BCUT2D eigenvalue weighted by Gasteiger charge is -2.25. The van der Waals surface area contributed by atoms with Gasteiger partial charge in [-0.2, -0.15) is 0 Å². The number of rotatable bonds is 5. The number of nitrogens with zero attached hydrogens (tertiary/aromatic N) is 1. The van der Waals surface area contributed by atoms with Crippen LogP contribution >= 0.6 is 0 Å². The van der Waals surface area contributed by atoms with Gasteiger partial charge in [0.2, 0.25) is 5.91 Å². The fourth-order valence-corrected chi connectivity index (χ4v) is 1.39. The van der Waals surface area contributed by atoms with Gasteiger partial charge in [0.1, 0.15) is 5.84 Å². The summed E-state index contributed by atoms with van der Waals surface area (Å²) in [5, 5.41) is 17.3. The smallest absolute Gasteiger partial charge is 0.237 e. The van der Waals surface area contributed by atoms with E-state index < -0.39 is 0 Å². The number of nitrogens with one attached hydrogen (secondary N) is 2. The third-order valence-electron chi connectivity index (χ3n) is 2.07. The average Bonchev–Trinajstić information content (AvgIpc) is 2.14. The predicted octanol–water partition coefficient (Wildman–Crippen LogP) is 0.404. The molecule has 0 fully saturated rings. The van der Waals surface area contributed by atoms with E-state index in [9.17, 15) is 4.79 Å². The Hall–Kier alpha value is -1.30. The van der Waals surface area contributed by atoms with E-state index >= 15 is 0 Å². The van der Waals surface area contributed by atoms with Crippen LogP contribution in [0.5, 0.6) is 0 Å². The molecule has 0 aromatic rings. The summed E-state index contributed by atoms with van der Waals surface area (Å²) in [5.41, 5.74) is 5.14. The Kier molecular flexibility index (Phi) is 5.95. The molecule has 2 unspecified atom stereocenters. The first kappa shape index (κ1) is 15.7. The third kappa shape index (κ3) is 7.57. The molecule has 1 amide bonds. The number of amidine groups is 1. The normalized spacial score (nSPS) is 16.4. The molecular weight excluding hydrogens is 220 g/mol. The summed E-state index contributed by atoms with van der Waals surface area (Å²) in [5.74, 6) is 0.0808. The highest BCUT2D eigenvalue weighted by Gasteiger charge is 2.20. The highest BCUT2D eigenvalue weighted by molar-refractivity contribution is 5.82. The molecule has 6 nitrogen and oxygen atoms in total. The monoisotopic (exact) mass is 244 g/mol. The summed E-state index contributed by atoms with van der Waals surface area (Å²) in [6.07, 6.45) is 0.392. The minimum absolute atomic E-state index is 0.0355. The summed E-state index contributed by atoms with van der Waals surface area (Å²) in [6, 6.07) is -0.359. The molecule has 0 aliphatic rings. The first-order valence-electron chi connectivity index (χ1n) is 5.70. The summed E-state index contributed by atoms with van der Waals surface area (Å²) < 4.78 is 0. The molecule has 17 heavy (non-hydrogen) atoms. The molecule has 0 radical (unpaired) electrons. The van der Waals surface area contributed by atoms with Crippen LogP contribution < -0.4 is 16.4 Å². The van der Waals surface area contributed by atoms with Crippen molar-refractivity contribution in [2.75, 3.05) is 0 Å². The second kappa shape index (κ2) is 6.44. The SMILES string of the molecule is CC(CC(N)=NO)NC(C)C(=O)NC(C)(C)C. The van der Waals surface area contributed by atoms with Crippen molar-refractivity contribution >= 4 is 11.7 Å². The molecule has 5 N–H and O–H groups in total. The number of carbonyl (C=O) groups excluding carboxylic acids is 1. The van der Waals surface area contributed by atoms with Gasteiger partial charge < -0.3 is 21.6 Å². The van der Waals surface area contributed by atoms with Crippen LogP contribution in [0.4, 0.5) is 0 Å². The van der Waals surface area contributed by atoms with E-state index in [4.69, 9.17) is 10.9 Å². The van der Waals surface area contributed by atoms with Gasteiger partial charge in [-0.25, -0.2) is 0 Å². The second-order valence-electron chi connectivity index (χ2n) is 5.32. The molecular formula is C11H24N4O2. The molecule has 0 aromatic carbocycles. The minimum Gasteiger partial charge on any atom is -0.409 e. The molecule has 6 heteroatoms. The Labute approximate surface area is 103 Å². The quantitative estimate of drug-likeness (QED) is 0.243. The van der Waals surface area contributed by atoms with Gasteiger partial charge in [-0.05, 0) is 34.6 Å². The van der Waals surface area contributed by atoms with Gasteiger partial charge in [-0.15, -0.1) is 0 Å². The molecule has 0 bridgehead atoms. The highest BCUT2D eigenvalue weighted by atomic mass is 16.4. The largest absolute Gasteiger partial charge is 0.409 e. The predicted molar refractivity (Wildman–Crippen MR) is 68.0 cm³/mol. The van der Waals surface area contributed by atoms with Crippen LogP contribution in [-0.2, 0) is 4.79 Å². The first-order valence-corrected chi connectivity index (χ1v) is 5.70. The van der Waals surface area contributed by atoms with Crippen molar-refractivity contribution in [2.45, 2.75) is 58.7 Å². The van der Waals surface area contributed by atoms with Gasteiger partial charge in [0, 0.05) is 18.0 Å². The van der Waals surface area contributed by atoms with E-state index in [1.807, 2.05) is 27.7 Å². The van der Waals surface area contributed by atoms with Crippen LogP contribution in [0.2, 0.25) is 0 Å². The summed E-state index contributed by atoms with van der Waals surface area (Å²) >= 11 is 0. The van der Waals surface area contributed by atoms with Crippen LogP contribution in [0.3, 0.4) is 0 Å². The van der Waals surface area contributed by atoms with Crippen molar-refractivity contribution in [3.63, 3.8) is 0 Å². The van der Waals surface area contributed by atoms with Gasteiger partial charge >= 0.3 is 0 Å². The number of hydrogen-bond acceptors (Lipinski definition) is 4. The zero-order chi connectivity index (χ0) is 13.6. The van der Waals surface area contributed by atoms with Crippen molar-refractivity contribution in [3.8, 4) is 0 Å². The molecule has 0 aliphatic heterocycles. The summed E-state index contributed by atoms with van der Waals surface area (Å²) in [7, 11) is 0. The average molecular weight is 244 g/mol. The Bertz CT molecular complexity index is 284. The lowest BCUT2D eigenvalue weighted by molar-refractivity contribution is -0.124. The van der Waals surface area contributed by atoms with E-state index in [-0.39, 0.29) is 29.4 Å². The summed E-state index contributed by atoms with van der Waals surface area (Å²) in [4.78, 5) is 11.8. The number of oxime groups is 1. The van der Waals surface area contributed by atoms with E-state index in [0.717, 1.165) is 0 Å². The Balaban J connectivity index is 4.16. The van der Waals surface area contributed by atoms with Crippen LogP contribution in [0.15, 0.2) is 5.16 Å². The topological polar surface area (TPSA) is 99.7 Å². The Morgan fingerprint density at radius 1 is 1.41 bits per heavy atom. The maximum Gasteiger partial charge on any atom is 0.237 e. The molecule has 0 heterocycles. The lowest BCUT2D eigenvalue weighted by Crippen LogP contribution is -2.51. The molecule has 100 valence electrons. The van der Waals surface area contributed by atoms with Crippen LogP contribution in [0.1, 0.15) is 41.0 Å². The first-order chi connectivity index (χ1) is 7.65. The number of hydrogen-bond donors (Lipinski definition) is 4. The van der Waals surface area contributed by atoms with Gasteiger partial charge in [-0.1, -0.05) is 5.16 Å². The van der Waals surface area contributed by atoms with Gasteiger partial charge in [-0.3, -0.25) is 4.79 Å². The fourth-order valence-electron chi connectivity index (χ4n) is 1.39. The Morgan fingerprint density at radius 2 is 1.94 bits per heavy atom. The summed E-state index contributed by atoms with van der Waals surface area (Å²) in [6.45, 7) is 9.44. The van der Waals surface area contributed by atoms with Crippen LogP contribution in [0, 0.1) is 0 Å². The maximum atomic E-state index is 11.8. The second-order valence-corrected chi connectivity index (χ2v) is 5.32. The molecule has 2 atom stereocenters. The molecule has 0 rings (SSSR count). The third-order valence-corrected chi connectivity index (χ3v) is 2.07. The Morgan fingerprint density at radius 3 is 2.35 bits per heavy atom. The highest BCUT2D eigenvalue weighted by Crippen LogP contribution is 2.00. The molecule has 0 saturated carbocycles. The van der Waals surface area contributed by atoms with E-state index in [1.165, 1.54) is 0 Å². The number of carbonyl (C=O) groups is 1. The van der Waals surface area contributed by atoms with Crippen molar-refractivity contribution in [1.82, 2.24) is 10.6 Å². The van der Waals surface area contributed by atoms with Crippen molar-refractivity contribution < 1.29 is 10.0 Å². The zero-order valence-corrected chi connectivity index (χ0v) is 11.2. The molecule has 0 saturated heterocycles. The van der Waals surface area contributed by atoms with Gasteiger partial charge in [0.05, 0.1) is 6.04 Å². The van der Waals surface area contributed by atoms with E-state index in [1.54, 1.807) is 6.92 Å². The lowest BCUT2D eigenvalue weighted by atomic mass is 10.1. The van der Waals surface area contributed by atoms with Crippen molar-refractivity contribution in [1.29, 1.82) is 0 Å². The number of nitrogens with two attached hydrogens (primary N) is 1. The van der Waals surface area contributed by atoms with Crippen molar-refractivity contribution in [2.24, 2.45) is 10.9 Å². The van der Waals surface area contributed by atoms with E-state index in [0.29, 0.717) is 6.42 Å². The minimum atomic E-state index is -0.323. The zero-order valence-electron chi connectivity index (χ0n) is 11.2. The van der Waals surface area contributed by atoms with Gasteiger partial charge in [0.15, 0.2) is 0 Å². The fraction of sp³-hybridized carbons (Fsp3) is 0.818. The molecule has 0 spiro atoms. The standard InChI is InChI=1S/C11H24N4O2/c1-7(6-9(12)15-17)13-8(2)10(16)14-11(3,4)5/h7-8,13,17H,6H2,1-5H3,(H2,12,15)(H,14,16). The van der Waals surface area contributed by atoms with Crippen LogP contribution in [0.25, 0.3) is 0 Å². The van der Waals surface area contributed by atoms with E-state index in [2.05, 4.69) is 15.8 Å². The molecule has 0 aromatic heterocycles. The van der Waals surface area contributed by atoms with Crippen LogP contribution in [-0.4, -0.2) is 34.6 Å². The van der Waals surface area contributed by atoms with Gasteiger partial charge in [0.25, 0.3) is 0 Å². The number of amides is 1. The molecule has 0 aliphatic carbocycles. The maximum absolute atomic E-state index is 11.8.